The van der Waals surface area contributed by atoms with E-state index in [0.717, 1.165) is 36.6 Å². The molecule has 2 aromatic carbocycles. The molecule has 4 nitrogen and oxygen atoms in total. The van der Waals surface area contributed by atoms with Crippen LogP contribution in [-0.4, -0.2) is 34.0 Å². The SMILES string of the molecule is COCCOc1c(CNCCc2ccccc2)cccc1OC. The summed E-state index contributed by atoms with van der Waals surface area (Å²) < 4.78 is 16.3. The molecule has 0 aliphatic heterocycles. The average molecular weight is 315 g/mol. The Morgan fingerprint density at radius 3 is 2.48 bits per heavy atom. The van der Waals surface area contributed by atoms with Gasteiger partial charge in [-0.2, -0.15) is 0 Å². The van der Waals surface area contributed by atoms with Crippen molar-refractivity contribution in [3.05, 3.63) is 59.7 Å². The zero-order valence-corrected chi connectivity index (χ0v) is 13.9. The highest BCUT2D eigenvalue weighted by Crippen LogP contribution is 2.31. The topological polar surface area (TPSA) is 39.7 Å². The Morgan fingerprint density at radius 2 is 1.74 bits per heavy atom. The van der Waals surface area contributed by atoms with Crippen LogP contribution in [0.25, 0.3) is 0 Å². The minimum absolute atomic E-state index is 0.508. The van der Waals surface area contributed by atoms with E-state index in [-0.39, 0.29) is 0 Å². The Balaban J connectivity index is 1.90. The van der Waals surface area contributed by atoms with E-state index in [1.807, 2.05) is 18.2 Å². The number of nitrogens with one attached hydrogen (secondary N) is 1. The molecule has 0 spiro atoms. The van der Waals surface area contributed by atoms with Crippen LogP contribution in [0.2, 0.25) is 0 Å². The Morgan fingerprint density at radius 1 is 0.913 bits per heavy atom. The highest BCUT2D eigenvalue weighted by Gasteiger charge is 2.10. The third-order valence-corrected chi connectivity index (χ3v) is 3.56. The zero-order valence-electron chi connectivity index (χ0n) is 13.9. The van der Waals surface area contributed by atoms with Gasteiger partial charge >= 0.3 is 0 Å². The number of benzene rings is 2. The summed E-state index contributed by atoms with van der Waals surface area (Å²) in [4.78, 5) is 0. The summed E-state index contributed by atoms with van der Waals surface area (Å²) in [5, 5.41) is 3.47. The maximum Gasteiger partial charge on any atom is 0.165 e. The third-order valence-electron chi connectivity index (χ3n) is 3.56. The van der Waals surface area contributed by atoms with Gasteiger partial charge in [0.25, 0.3) is 0 Å². The van der Waals surface area contributed by atoms with Crippen molar-refractivity contribution in [2.45, 2.75) is 13.0 Å². The van der Waals surface area contributed by atoms with Crippen molar-refractivity contribution in [2.75, 3.05) is 34.0 Å². The number of para-hydroxylation sites is 1. The molecular formula is C19H25NO3. The highest BCUT2D eigenvalue weighted by atomic mass is 16.5. The first kappa shape index (κ1) is 17.3. The van der Waals surface area contributed by atoms with Gasteiger partial charge in [0.2, 0.25) is 0 Å². The summed E-state index contributed by atoms with van der Waals surface area (Å²) in [6.45, 7) is 2.72. The molecule has 0 aliphatic rings. The van der Waals surface area contributed by atoms with Crippen LogP contribution in [0.15, 0.2) is 48.5 Å². The number of rotatable bonds is 10. The molecule has 0 radical (unpaired) electrons. The minimum atomic E-state index is 0.508. The molecule has 0 atom stereocenters. The van der Waals surface area contributed by atoms with Crippen LogP contribution in [0.4, 0.5) is 0 Å². The van der Waals surface area contributed by atoms with Crippen molar-refractivity contribution in [2.24, 2.45) is 0 Å². The molecule has 2 rings (SSSR count). The van der Waals surface area contributed by atoms with Crippen molar-refractivity contribution < 1.29 is 14.2 Å². The lowest BCUT2D eigenvalue weighted by molar-refractivity contribution is 0.143. The molecule has 0 saturated heterocycles. The summed E-state index contributed by atoms with van der Waals surface area (Å²) in [5.74, 6) is 1.54. The van der Waals surface area contributed by atoms with Crippen LogP contribution >= 0.6 is 0 Å². The second-order valence-electron chi connectivity index (χ2n) is 5.20. The Kier molecular flexibility index (Phi) is 7.43. The van der Waals surface area contributed by atoms with Gasteiger partial charge in [0, 0.05) is 19.2 Å². The summed E-state index contributed by atoms with van der Waals surface area (Å²) in [7, 11) is 3.32. The molecule has 0 bridgehead atoms. The summed E-state index contributed by atoms with van der Waals surface area (Å²) in [6.07, 6.45) is 1.00. The molecule has 0 fully saturated rings. The first-order valence-electron chi connectivity index (χ1n) is 7.87. The van der Waals surface area contributed by atoms with E-state index in [1.165, 1.54) is 5.56 Å². The Bertz CT molecular complexity index is 572. The third kappa shape index (κ3) is 5.58. The van der Waals surface area contributed by atoms with E-state index in [4.69, 9.17) is 14.2 Å². The zero-order chi connectivity index (χ0) is 16.3. The molecule has 0 amide bonds. The van der Waals surface area contributed by atoms with Gasteiger partial charge < -0.3 is 19.5 Å². The van der Waals surface area contributed by atoms with Crippen molar-refractivity contribution in [1.82, 2.24) is 5.32 Å². The smallest absolute Gasteiger partial charge is 0.165 e. The highest BCUT2D eigenvalue weighted by molar-refractivity contribution is 5.46. The lowest BCUT2D eigenvalue weighted by atomic mass is 10.1. The largest absolute Gasteiger partial charge is 0.493 e. The maximum absolute atomic E-state index is 5.82. The van der Waals surface area contributed by atoms with Gasteiger partial charge in [-0.1, -0.05) is 42.5 Å². The van der Waals surface area contributed by atoms with Crippen molar-refractivity contribution in [3.8, 4) is 11.5 Å². The predicted molar refractivity (Wildman–Crippen MR) is 92.2 cm³/mol. The predicted octanol–water partition coefficient (Wildman–Crippen LogP) is 3.05. The van der Waals surface area contributed by atoms with E-state index in [1.54, 1.807) is 14.2 Å². The molecule has 2 aromatic rings. The summed E-state index contributed by atoms with van der Waals surface area (Å²) in [5.41, 5.74) is 2.43. The summed E-state index contributed by atoms with van der Waals surface area (Å²) in [6, 6.07) is 16.4. The standard InChI is InChI=1S/C19H25NO3/c1-21-13-14-23-19-17(9-6-10-18(19)22-2)15-20-12-11-16-7-4-3-5-8-16/h3-10,20H,11-15H2,1-2H3. The van der Waals surface area contributed by atoms with Crippen molar-refractivity contribution in [1.29, 1.82) is 0 Å². The molecule has 0 unspecified atom stereocenters. The fraction of sp³-hybridized carbons (Fsp3) is 0.368. The maximum atomic E-state index is 5.82. The molecular weight excluding hydrogens is 290 g/mol. The molecule has 0 aromatic heterocycles. The molecule has 0 saturated carbocycles. The quantitative estimate of drug-likeness (QED) is 0.684. The fourth-order valence-corrected chi connectivity index (χ4v) is 2.35. The molecule has 23 heavy (non-hydrogen) atoms. The van der Waals surface area contributed by atoms with Gasteiger partial charge in [0.15, 0.2) is 11.5 Å². The summed E-state index contributed by atoms with van der Waals surface area (Å²) >= 11 is 0. The minimum Gasteiger partial charge on any atom is -0.493 e. The molecule has 0 aliphatic carbocycles. The second-order valence-corrected chi connectivity index (χ2v) is 5.20. The lowest BCUT2D eigenvalue weighted by Gasteiger charge is -2.15. The molecule has 1 N–H and O–H groups in total. The van der Waals surface area contributed by atoms with Crippen LogP contribution in [0.5, 0.6) is 11.5 Å². The number of methoxy groups -OCH3 is 2. The molecule has 124 valence electrons. The van der Waals surface area contributed by atoms with Crippen molar-refractivity contribution >= 4 is 0 Å². The van der Waals surface area contributed by atoms with Gasteiger partial charge in [-0.05, 0) is 24.6 Å². The number of hydrogen-bond donors (Lipinski definition) is 1. The van der Waals surface area contributed by atoms with E-state index >= 15 is 0 Å². The fourth-order valence-electron chi connectivity index (χ4n) is 2.35. The molecule has 4 heteroatoms. The first-order chi connectivity index (χ1) is 11.3. The van der Waals surface area contributed by atoms with Crippen LogP contribution in [-0.2, 0) is 17.7 Å². The number of ether oxygens (including phenoxy) is 3. The van der Waals surface area contributed by atoms with E-state index < -0.39 is 0 Å². The van der Waals surface area contributed by atoms with Gasteiger partial charge in [-0.15, -0.1) is 0 Å². The number of hydrogen-bond acceptors (Lipinski definition) is 4. The normalized spacial score (nSPS) is 10.5. The monoisotopic (exact) mass is 315 g/mol. The van der Waals surface area contributed by atoms with E-state index in [0.29, 0.717) is 13.2 Å². The van der Waals surface area contributed by atoms with Gasteiger partial charge in [0.05, 0.1) is 13.7 Å². The second kappa shape index (κ2) is 9.87. The van der Waals surface area contributed by atoms with E-state index in [9.17, 15) is 0 Å². The van der Waals surface area contributed by atoms with Gasteiger partial charge in [-0.25, -0.2) is 0 Å². The van der Waals surface area contributed by atoms with Crippen LogP contribution in [0.3, 0.4) is 0 Å². The van der Waals surface area contributed by atoms with Gasteiger partial charge in [-0.3, -0.25) is 0 Å². The van der Waals surface area contributed by atoms with Crippen LogP contribution < -0.4 is 14.8 Å². The van der Waals surface area contributed by atoms with Gasteiger partial charge in [0.1, 0.15) is 6.61 Å². The molecule has 0 heterocycles. The average Bonchev–Trinajstić information content (AvgIpc) is 2.60. The van der Waals surface area contributed by atoms with Crippen LogP contribution in [0.1, 0.15) is 11.1 Å². The van der Waals surface area contributed by atoms with E-state index in [2.05, 4.69) is 35.6 Å². The first-order valence-corrected chi connectivity index (χ1v) is 7.87. The van der Waals surface area contributed by atoms with Crippen molar-refractivity contribution in [3.63, 3.8) is 0 Å². The Labute approximate surface area is 138 Å². The van der Waals surface area contributed by atoms with Crippen LogP contribution in [0, 0.1) is 0 Å². The Hall–Kier alpha value is -2.04. The lowest BCUT2D eigenvalue weighted by Crippen LogP contribution is -2.18.